The SMILES string of the molecule is CCOC1CC(NC(=NC)NCC(=O)NC(C)(C)C)C12CCCC2. The smallest absolute Gasteiger partial charge is 0.239 e. The minimum absolute atomic E-state index is 0.0261. The van der Waals surface area contributed by atoms with Gasteiger partial charge in [-0.3, -0.25) is 9.79 Å². The van der Waals surface area contributed by atoms with Gasteiger partial charge in [-0.05, 0) is 47.0 Å². The quantitative estimate of drug-likeness (QED) is 0.528. The van der Waals surface area contributed by atoms with Gasteiger partial charge in [0.05, 0.1) is 12.6 Å². The number of nitrogens with one attached hydrogen (secondary N) is 3. The number of carbonyl (C=O) groups excluding carboxylic acids is 1. The first-order chi connectivity index (χ1) is 11.3. The molecule has 0 heterocycles. The van der Waals surface area contributed by atoms with Crippen molar-refractivity contribution in [1.82, 2.24) is 16.0 Å². The molecule has 3 N–H and O–H groups in total. The minimum Gasteiger partial charge on any atom is -0.378 e. The molecule has 0 radical (unpaired) electrons. The van der Waals surface area contributed by atoms with Crippen molar-refractivity contribution in [2.45, 2.75) is 77.5 Å². The van der Waals surface area contributed by atoms with Crippen molar-refractivity contribution in [3.8, 4) is 0 Å². The summed E-state index contributed by atoms with van der Waals surface area (Å²) in [5.74, 6) is 0.673. The summed E-state index contributed by atoms with van der Waals surface area (Å²) in [5, 5.41) is 9.60. The van der Waals surface area contributed by atoms with Crippen molar-refractivity contribution in [3.05, 3.63) is 0 Å². The van der Waals surface area contributed by atoms with Gasteiger partial charge in [-0.25, -0.2) is 0 Å². The maximum atomic E-state index is 12.0. The molecule has 2 aliphatic rings. The summed E-state index contributed by atoms with van der Waals surface area (Å²) < 4.78 is 5.95. The second-order valence-corrected chi connectivity index (χ2v) is 8.04. The number of carbonyl (C=O) groups is 1. The summed E-state index contributed by atoms with van der Waals surface area (Å²) in [7, 11) is 1.75. The molecule has 2 atom stereocenters. The molecule has 138 valence electrons. The number of rotatable bonds is 5. The molecular weight excluding hydrogens is 304 g/mol. The van der Waals surface area contributed by atoms with E-state index >= 15 is 0 Å². The number of hydrogen-bond acceptors (Lipinski definition) is 3. The van der Waals surface area contributed by atoms with E-state index in [1.54, 1.807) is 7.05 Å². The Balaban J connectivity index is 1.86. The Morgan fingerprint density at radius 2 is 1.96 bits per heavy atom. The van der Waals surface area contributed by atoms with Crippen LogP contribution in [0.4, 0.5) is 0 Å². The van der Waals surface area contributed by atoms with Crippen molar-refractivity contribution in [1.29, 1.82) is 0 Å². The number of guanidine groups is 1. The summed E-state index contributed by atoms with van der Waals surface area (Å²) in [5.41, 5.74) is 0.0314. The molecule has 0 aliphatic heterocycles. The van der Waals surface area contributed by atoms with Crippen LogP contribution in [0.15, 0.2) is 4.99 Å². The Hall–Kier alpha value is -1.30. The molecule has 0 saturated heterocycles. The van der Waals surface area contributed by atoms with Gasteiger partial charge in [0.1, 0.15) is 0 Å². The van der Waals surface area contributed by atoms with Gasteiger partial charge in [0.25, 0.3) is 0 Å². The van der Waals surface area contributed by atoms with E-state index in [1.165, 1.54) is 25.7 Å². The second-order valence-electron chi connectivity index (χ2n) is 8.04. The lowest BCUT2D eigenvalue weighted by atomic mass is 9.60. The van der Waals surface area contributed by atoms with Crippen LogP contribution in [0.1, 0.15) is 59.8 Å². The standard InChI is InChI=1S/C18H34N4O2/c1-6-24-14-11-13(18(14)9-7-8-10-18)21-16(19-5)20-12-15(23)22-17(2,3)4/h13-14H,6-12H2,1-5H3,(H,22,23)(H2,19,20,21). The Bertz CT molecular complexity index is 464. The normalized spacial score (nSPS) is 26.1. The molecule has 1 amide bonds. The maximum absolute atomic E-state index is 12.0. The monoisotopic (exact) mass is 338 g/mol. The van der Waals surface area contributed by atoms with Gasteiger partial charge >= 0.3 is 0 Å². The third kappa shape index (κ3) is 4.41. The minimum atomic E-state index is -0.220. The number of ether oxygens (including phenoxy) is 1. The molecule has 1 spiro atoms. The lowest BCUT2D eigenvalue weighted by molar-refractivity contribution is -0.126. The van der Waals surface area contributed by atoms with E-state index < -0.39 is 0 Å². The van der Waals surface area contributed by atoms with E-state index in [0.717, 1.165) is 13.0 Å². The summed E-state index contributed by atoms with van der Waals surface area (Å²) in [6, 6.07) is 0.383. The van der Waals surface area contributed by atoms with Gasteiger partial charge in [0.2, 0.25) is 5.91 Å². The van der Waals surface area contributed by atoms with Gasteiger partial charge in [-0.1, -0.05) is 12.8 Å². The van der Waals surface area contributed by atoms with Gasteiger partial charge in [-0.15, -0.1) is 0 Å². The van der Waals surface area contributed by atoms with E-state index in [1.807, 2.05) is 20.8 Å². The lowest BCUT2D eigenvalue weighted by Crippen LogP contribution is -2.65. The van der Waals surface area contributed by atoms with Crippen molar-refractivity contribution in [2.75, 3.05) is 20.2 Å². The van der Waals surface area contributed by atoms with Gasteiger partial charge in [0.15, 0.2) is 5.96 Å². The highest BCUT2D eigenvalue weighted by atomic mass is 16.5. The van der Waals surface area contributed by atoms with Crippen LogP contribution in [-0.2, 0) is 9.53 Å². The summed E-state index contributed by atoms with van der Waals surface area (Å²) in [6.45, 7) is 9.00. The van der Waals surface area contributed by atoms with Crippen LogP contribution in [-0.4, -0.2) is 49.8 Å². The molecule has 2 rings (SSSR count). The first-order valence-electron chi connectivity index (χ1n) is 9.20. The zero-order valence-corrected chi connectivity index (χ0v) is 15.9. The Morgan fingerprint density at radius 3 is 2.50 bits per heavy atom. The molecule has 2 saturated carbocycles. The summed E-state index contributed by atoms with van der Waals surface area (Å²) in [4.78, 5) is 16.2. The van der Waals surface area contributed by atoms with Crippen molar-refractivity contribution < 1.29 is 9.53 Å². The van der Waals surface area contributed by atoms with E-state index in [2.05, 4.69) is 27.9 Å². The largest absolute Gasteiger partial charge is 0.378 e. The average Bonchev–Trinajstić information content (AvgIpc) is 3.00. The fourth-order valence-corrected chi connectivity index (χ4v) is 4.08. The number of aliphatic imine (C=N–C) groups is 1. The fraction of sp³-hybridized carbons (Fsp3) is 0.889. The Morgan fingerprint density at radius 1 is 1.29 bits per heavy atom. The fourth-order valence-electron chi connectivity index (χ4n) is 4.08. The molecule has 0 aromatic rings. The second kappa shape index (κ2) is 7.72. The molecule has 2 unspecified atom stereocenters. The lowest BCUT2D eigenvalue weighted by Gasteiger charge is -2.54. The zero-order chi connectivity index (χ0) is 17.8. The van der Waals surface area contributed by atoms with Gasteiger partial charge in [-0.2, -0.15) is 0 Å². The topological polar surface area (TPSA) is 74.8 Å². The first-order valence-corrected chi connectivity index (χ1v) is 9.20. The predicted octanol–water partition coefficient (Wildman–Crippen LogP) is 1.80. The third-order valence-corrected chi connectivity index (χ3v) is 5.15. The zero-order valence-electron chi connectivity index (χ0n) is 15.9. The molecule has 0 aromatic carbocycles. The van der Waals surface area contributed by atoms with E-state index in [0.29, 0.717) is 18.1 Å². The molecule has 2 fully saturated rings. The van der Waals surface area contributed by atoms with Crippen LogP contribution < -0.4 is 16.0 Å². The van der Waals surface area contributed by atoms with Crippen LogP contribution in [0.2, 0.25) is 0 Å². The molecule has 0 bridgehead atoms. The molecule has 24 heavy (non-hydrogen) atoms. The van der Waals surface area contributed by atoms with Crippen LogP contribution in [0.25, 0.3) is 0 Å². The molecule has 6 heteroatoms. The Kier molecular flexibility index (Phi) is 6.12. The van der Waals surface area contributed by atoms with Crippen LogP contribution in [0.3, 0.4) is 0 Å². The highest BCUT2D eigenvalue weighted by Gasteiger charge is 2.56. The maximum Gasteiger partial charge on any atom is 0.239 e. The van der Waals surface area contributed by atoms with Crippen molar-refractivity contribution >= 4 is 11.9 Å². The van der Waals surface area contributed by atoms with Crippen LogP contribution in [0, 0.1) is 5.41 Å². The first kappa shape index (κ1) is 19.0. The molecular formula is C18H34N4O2. The summed E-state index contributed by atoms with van der Waals surface area (Å²) >= 11 is 0. The molecule has 0 aromatic heterocycles. The van der Waals surface area contributed by atoms with Crippen LogP contribution >= 0.6 is 0 Å². The van der Waals surface area contributed by atoms with E-state index in [-0.39, 0.29) is 23.4 Å². The molecule has 6 nitrogen and oxygen atoms in total. The van der Waals surface area contributed by atoms with E-state index in [9.17, 15) is 4.79 Å². The third-order valence-electron chi connectivity index (χ3n) is 5.15. The Labute approximate surface area is 146 Å². The average molecular weight is 338 g/mol. The number of hydrogen-bond donors (Lipinski definition) is 3. The van der Waals surface area contributed by atoms with Crippen molar-refractivity contribution in [3.63, 3.8) is 0 Å². The van der Waals surface area contributed by atoms with E-state index in [4.69, 9.17) is 4.74 Å². The van der Waals surface area contributed by atoms with Gasteiger partial charge < -0.3 is 20.7 Å². The van der Waals surface area contributed by atoms with Crippen LogP contribution in [0.5, 0.6) is 0 Å². The number of nitrogens with zero attached hydrogens (tertiary/aromatic N) is 1. The van der Waals surface area contributed by atoms with Gasteiger partial charge in [0, 0.05) is 30.7 Å². The molecule has 2 aliphatic carbocycles. The predicted molar refractivity (Wildman–Crippen MR) is 97.1 cm³/mol. The number of amides is 1. The highest BCUT2D eigenvalue weighted by Crippen LogP contribution is 2.54. The highest BCUT2D eigenvalue weighted by molar-refractivity contribution is 5.86. The van der Waals surface area contributed by atoms with Crippen molar-refractivity contribution in [2.24, 2.45) is 10.4 Å². The summed E-state index contributed by atoms with van der Waals surface area (Å²) in [6.07, 6.45) is 6.38.